The van der Waals surface area contributed by atoms with Gasteiger partial charge < -0.3 is 10.6 Å². The zero-order valence-corrected chi connectivity index (χ0v) is 8.08. The van der Waals surface area contributed by atoms with Gasteiger partial charge in [-0.05, 0) is 7.05 Å². The first-order valence-corrected chi connectivity index (χ1v) is 4.46. The number of hydrogen-bond acceptors (Lipinski definition) is 5. The normalized spacial score (nSPS) is 10.1. The van der Waals surface area contributed by atoms with Gasteiger partial charge in [-0.2, -0.15) is 5.21 Å². The van der Waals surface area contributed by atoms with Crippen LogP contribution >= 0.6 is 0 Å². The number of carbonyl (C=O) groups excluding carboxylic acids is 1. The van der Waals surface area contributed by atoms with Gasteiger partial charge in [-0.15, -0.1) is 10.2 Å². The van der Waals surface area contributed by atoms with Gasteiger partial charge in [0.15, 0.2) is 5.82 Å². The third-order valence-electron chi connectivity index (χ3n) is 1.66. The number of nitrogens with one attached hydrogen (secondary N) is 3. The summed E-state index contributed by atoms with van der Waals surface area (Å²) in [7, 11) is 1.81. The first-order valence-electron chi connectivity index (χ1n) is 4.46. The lowest BCUT2D eigenvalue weighted by Gasteiger charge is -2.02. The molecule has 0 bridgehead atoms. The molecule has 3 N–H and O–H groups in total. The molecule has 1 rings (SSSR count). The number of tetrazole rings is 1. The fraction of sp³-hybridized carbons (Fsp3) is 0.714. The predicted molar refractivity (Wildman–Crippen MR) is 49.4 cm³/mol. The number of H-pyrrole nitrogens is 1. The Kier molecular flexibility index (Phi) is 4.56. The SMILES string of the molecule is CNCCC(=O)NCCc1nn[nH]n1. The van der Waals surface area contributed by atoms with Gasteiger partial charge >= 0.3 is 0 Å². The molecule has 1 amide bonds. The molecule has 7 heteroatoms. The molecular formula is C7H14N6O. The van der Waals surface area contributed by atoms with Crippen molar-refractivity contribution in [3.05, 3.63) is 5.82 Å². The zero-order valence-electron chi connectivity index (χ0n) is 8.08. The van der Waals surface area contributed by atoms with Crippen molar-refractivity contribution in [1.29, 1.82) is 0 Å². The Morgan fingerprint density at radius 1 is 1.50 bits per heavy atom. The lowest BCUT2D eigenvalue weighted by atomic mass is 10.3. The molecule has 1 aromatic heterocycles. The van der Waals surface area contributed by atoms with Crippen molar-refractivity contribution >= 4 is 5.91 Å². The lowest BCUT2D eigenvalue weighted by Crippen LogP contribution is -2.28. The summed E-state index contributed by atoms with van der Waals surface area (Å²) in [6.45, 7) is 1.23. The standard InChI is InChI=1S/C7H14N6O/c1-8-4-3-7(14)9-5-2-6-10-12-13-11-6/h8H,2-5H2,1H3,(H,9,14)(H,10,11,12,13). The van der Waals surface area contributed by atoms with E-state index in [2.05, 4.69) is 31.3 Å². The zero-order chi connectivity index (χ0) is 10.2. The van der Waals surface area contributed by atoms with Gasteiger partial charge in [0.1, 0.15) is 0 Å². The van der Waals surface area contributed by atoms with Gasteiger partial charge in [-0.1, -0.05) is 5.21 Å². The maximum Gasteiger partial charge on any atom is 0.221 e. The predicted octanol–water partition coefficient (Wildman–Crippen LogP) is -1.53. The molecule has 0 unspecified atom stereocenters. The first-order chi connectivity index (χ1) is 6.83. The summed E-state index contributed by atoms with van der Waals surface area (Å²) in [6.07, 6.45) is 1.09. The van der Waals surface area contributed by atoms with E-state index >= 15 is 0 Å². The molecule has 7 nitrogen and oxygen atoms in total. The Labute approximate surface area is 81.7 Å². The largest absolute Gasteiger partial charge is 0.356 e. The van der Waals surface area contributed by atoms with Crippen LogP contribution in [0.1, 0.15) is 12.2 Å². The molecule has 0 aliphatic rings. The van der Waals surface area contributed by atoms with Crippen molar-refractivity contribution in [2.45, 2.75) is 12.8 Å². The molecule has 0 atom stereocenters. The summed E-state index contributed by atoms with van der Waals surface area (Å²) in [4.78, 5) is 11.1. The highest BCUT2D eigenvalue weighted by Crippen LogP contribution is 1.84. The van der Waals surface area contributed by atoms with Crippen LogP contribution in [-0.2, 0) is 11.2 Å². The minimum atomic E-state index is 0.0304. The van der Waals surface area contributed by atoms with Gasteiger partial charge in [0.05, 0.1) is 0 Å². The Morgan fingerprint density at radius 3 is 3.00 bits per heavy atom. The van der Waals surface area contributed by atoms with Gasteiger partial charge in [0.2, 0.25) is 5.91 Å². The number of rotatable bonds is 6. The van der Waals surface area contributed by atoms with Crippen LogP contribution in [-0.4, -0.2) is 46.7 Å². The lowest BCUT2D eigenvalue weighted by molar-refractivity contribution is -0.120. The minimum absolute atomic E-state index is 0.0304. The summed E-state index contributed by atoms with van der Waals surface area (Å²) in [5.74, 6) is 0.641. The van der Waals surface area contributed by atoms with Crippen LogP contribution in [0.5, 0.6) is 0 Å². The van der Waals surface area contributed by atoms with Crippen molar-refractivity contribution < 1.29 is 4.79 Å². The average Bonchev–Trinajstić information content (AvgIpc) is 2.67. The topological polar surface area (TPSA) is 95.6 Å². The molecule has 1 heterocycles. The molecule has 0 saturated heterocycles. The van der Waals surface area contributed by atoms with E-state index in [1.807, 2.05) is 7.05 Å². The fourth-order valence-corrected chi connectivity index (χ4v) is 0.929. The molecule has 0 spiro atoms. The number of aromatic amines is 1. The molecule has 0 aliphatic carbocycles. The number of amides is 1. The van der Waals surface area contributed by atoms with E-state index in [4.69, 9.17) is 0 Å². The highest BCUT2D eigenvalue weighted by Gasteiger charge is 2.01. The van der Waals surface area contributed by atoms with Crippen LogP contribution in [0.25, 0.3) is 0 Å². The third kappa shape index (κ3) is 3.94. The number of aromatic nitrogens is 4. The third-order valence-corrected chi connectivity index (χ3v) is 1.66. The highest BCUT2D eigenvalue weighted by molar-refractivity contribution is 5.75. The highest BCUT2D eigenvalue weighted by atomic mass is 16.1. The van der Waals surface area contributed by atoms with E-state index in [0.29, 0.717) is 31.8 Å². The van der Waals surface area contributed by atoms with Crippen molar-refractivity contribution in [3.8, 4) is 0 Å². The van der Waals surface area contributed by atoms with E-state index in [1.54, 1.807) is 0 Å². The molecule has 0 fully saturated rings. The maximum atomic E-state index is 11.1. The monoisotopic (exact) mass is 198 g/mol. The maximum absolute atomic E-state index is 11.1. The number of carbonyl (C=O) groups is 1. The van der Waals surface area contributed by atoms with Crippen LogP contribution < -0.4 is 10.6 Å². The summed E-state index contributed by atoms with van der Waals surface area (Å²) in [5, 5.41) is 18.9. The Balaban J connectivity index is 2.06. The van der Waals surface area contributed by atoms with E-state index in [0.717, 1.165) is 0 Å². The minimum Gasteiger partial charge on any atom is -0.356 e. The Bertz CT molecular complexity index is 259. The van der Waals surface area contributed by atoms with Crippen LogP contribution in [0.2, 0.25) is 0 Å². The molecule has 0 aliphatic heterocycles. The second kappa shape index (κ2) is 6.03. The first kappa shape index (κ1) is 10.6. The second-order valence-electron chi connectivity index (χ2n) is 2.78. The van der Waals surface area contributed by atoms with E-state index in [1.165, 1.54) is 0 Å². The van der Waals surface area contributed by atoms with E-state index in [9.17, 15) is 4.79 Å². The number of hydrogen-bond donors (Lipinski definition) is 3. The molecule has 0 saturated carbocycles. The Morgan fingerprint density at radius 2 is 2.36 bits per heavy atom. The average molecular weight is 198 g/mol. The summed E-state index contributed by atoms with van der Waals surface area (Å²) >= 11 is 0. The van der Waals surface area contributed by atoms with Gasteiger partial charge in [0, 0.05) is 25.9 Å². The molecule has 0 aromatic carbocycles. The Hall–Kier alpha value is -1.50. The van der Waals surface area contributed by atoms with Crippen LogP contribution in [0.4, 0.5) is 0 Å². The molecule has 14 heavy (non-hydrogen) atoms. The quantitative estimate of drug-likeness (QED) is 0.515. The molecular weight excluding hydrogens is 184 g/mol. The summed E-state index contributed by atoms with van der Waals surface area (Å²) in [5.41, 5.74) is 0. The van der Waals surface area contributed by atoms with Crippen molar-refractivity contribution in [2.75, 3.05) is 20.1 Å². The van der Waals surface area contributed by atoms with Crippen molar-refractivity contribution in [3.63, 3.8) is 0 Å². The smallest absolute Gasteiger partial charge is 0.221 e. The van der Waals surface area contributed by atoms with Crippen molar-refractivity contribution in [1.82, 2.24) is 31.3 Å². The van der Waals surface area contributed by atoms with Crippen LogP contribution in [0.3, 0.4) is 0 Å². The second-order valence-corrected chi connectivity index (χ2v) is 2.78. The van der Waals surface area contributed by atoms with Crippen LogP contribution in [0.15, 0.2) is 0 Å². The molecule has 1 aromatic rings. The van der Waals surface area contributed by atoms with Gasteiger partial charge in [0.25, 0.3) is 0 Å². The van der Waals surface area contributed by atoms with Crippen LogP contribution in [0, 0.1) is 0 Å². The van der Waals surface area contributed by atoms with E-state index < -0.39 is 0 Å². The van der Waals surface area contributed by atoms with Gasteiger partial charge in [-0.25, -0.2) is 0 Å². The molecule has 0 radical (unpaired) electrons. The number of nitrogens with zero attached hydrogens (tertiary/aromatic N) is 3. The van der Waals surface area contributed by atoms with Gasteiger partial charge in [-0.3, -0.25) is 4.79 Å². The summed E-state index contributed by atoms with van der Waals surface area (Å²) < 4.78 is 0. The van der Waals surface area contributed by atoms with Crippen molar-refractivity contribution in [2.24, 2.45) is 0 Å². The molecule has 78 valence electrons. The van der Waals surface area contributed by atoms with E-state index in [-0.39, 0.29) is 5.91 Å². The summed E-state index contributed by atoms with van der Waals surface area (Å²) in [6, 6.07) is 0. The fourth-order valence-electron chi connectivity index (χ4n) is 0.929.